The van der Waals surface area contributed by atoms with Crippen molar-refractivity contribution in [2.24, 2.45) is 0 Å². The van der Waals surface area contributed by atoms with Gasteiger partial charge in [0.15, 0.2) is 0 Å². The Bertz CT molecular complexity index is 1870. The fourth-order valence-electron chi connectivity index (χ4n) is 5.00. The van der Waals surface area contributed by atoms with E-state index in [0.717, 1.165) is 0 Å². The smallest absolute Gasteiger partial charge is 0.200 e. The monoisotopic (exact) mass is 728 g/mol. The second-order valence-corrected chi connectivity index (χ2v) is 12.5. The molecular formula is C36H22Cl6O4. The zero-order chi connectivity index (χ0) is 33.2. The van der Waals surface area contributed by atoms with Crippen LogP contribution in [0.1, 0.15) is 11.1 Å². The van der Waals surface area contributed by atoms with Crippen molar-refractivity contribution >= 4 is 69.6 Å². The summed E-state index contributed by atoms with van der Waals surface area (Å²) in [5.41, 5.74) is -1.32. The average Bonchev–Trinajstić information content (AvgIpc) is 3.04. The van der Waals surface area contributed by atoms with Gasteiger partial charge >= 0.3 is 0 Å². The van der Waals surface area contributed by atoms with E-state index in [4.69, 9.17) is 69.6 Å². The Morgan fingerprint density at radius 1 is 0.478 bits per heavy atom. The summed E-state index contributed by atoms with van der Waals surface area (Å²) >= 11 is 38.8. The normalized spacial score (nSPS) is 19.3. The van der Waals surface area contributed by atoms with Gasteiger partial charge in [0.1, 0.15) is 11.5 Å². The Labute approximate surface area is 296 Å². The van der Waals surface area contributed by atoms with Gasteiger partial charge in [0.05, 0.1) is 20.1 Å². The maximum absolute atomic E-state index is 11.5. The van der Waals surface area contributed by atoms with Crippen LogP contribution in [0, 0.1) is 23.7 Å². The lowest BCUT2D eigenvalue weighted by atomic mass is 9.88. The van der Waals surface area contributed by atoms with Crippen LogP contribution in [0.2, 0.25) is 10.0 Å². The molecule has 0 aliphatic heterocycles. The molecule has 0 bridgehead atoms. The van der Waals surface area contributed by atoms with Crippen LogP contribution in [-0.4, -0.2) is 31.6 Å². The molecule has 0 amide bonds. The molecule has 4 aromatic rings. The first-order valence-electron chi connectivity index (χ1n) is 13.6. The highest BCUT2D eigenvalue weighted by Gasteiger charge is 2.50. The summed E-state index contributed by atoms with van der Waals surface area (Å²) in [4.78, 5) is 0. The molecule has 0 heterocycles. The summed E-state index contributed by atoms with van der Waals surface area (Å²) < 4.78 is 0. The minimum absolute atomic E-state index is 0.000867. The predicted octanol–water partition coefficient (Wildman–Crippen LogP) is 9.38. The Kier molecular flexibility index (Phi) is 10.3. The van der Waals surface area contributed by atoms with Crippen LogP contribution < -0.4 is 0 Å². The van der Waals surface area contributed by atoms with E-state index >= 15 is 0 Å². The molecule has 0 saturated heterocycles. The molecule has 46 heavy (non-hydrogen) atoms. The van der Waals surface area contributed by atoms with E-state index in [1.807, 2.05) is 0 Å². The van der Waals surface area contributed by atoms with Crippen molar-refractivity contribution in [3.63, 3.8) is 0 Å². The molecule has 1 aliphatic carbocycles. The van der Waals surface area contributed by atoms with E-state index < -0.39 is 31.3 Å². The second-order valence-electron chi connectivity index (χ2n) is 10.2. The molecule has 0 radical (unpaired) electrons. The highest BCUT2D eigenvalue weighted by Crippen LogP contribution is 2.49. The molecule has 10 heteroatoms. The van der Waals surface area contributed by atoms with Gasteiger partial charge in [-0.1, -0.05) is 154 Å². The maximum atomic E-state index is 11.5. The maximum Gasteiger partial charge on any atom is 0.200 e. The SMILES string of the molecule is Oc1cccc(CC#CC2(O)C(Cl)=C(Cl)C(O)(C#CCc3cccc(O)c3-c3ccccc3Cl)C(Cl)=C2Cl)c1-c1ccccc1Cl. The summed E-state index contributed by atoms with van der Waals surface area (Å²) in [5, 5.41) is 43.1. The average molecular weight is 731 g/mol. The quantitative estimate of drug-likeness (QED) is 0.158. The predicted molar refractivity (Wildman–Crippen MR) is 187 cm³/mol. The number of hydrogen-bond donors (Lipinski definition) is 4. The van der Waals surface area contributed by atoms with Gasteiger partial charge in [0.2, 0.25) is 11.2 Å². The van der Waals surface area contributed by atoms with Gasteiger partial charge in [0.25, 0.3) is 0 Å². The third kappa shape index (κ3) is 6.34. The first-order chi connectivity index (χ1) is 21.9. The van der Waals surface area contributed by atoms with Gasteiger partial charge in [-0.3, -0.25) is 0 Å². The van der Waals surface area contributed by atoms with Crippen molar-refractivity contribution in [1.82, 2.24) is 0 Å². The molecule has 5 rings (SSSR count). The van der Waals surface area contributed by atoms with Gasteiger partial charge < -0.3 is 20.4 Å². The molecule has 0 atom stereocenters. The lowest BCUT2D eigenvalue weighted by Crippen LogP contribution is -2.42. The molecule has 4 nitrogen and oxygen atoms in total. The van der Waals surface area contributed by atoms with Crippen LogP contribution in [0.4, 0.5) is 0 Å². The Morgan fingerprint density at radius 3 is 1.17 bits per heavy atom. The summed E-state index contributed by atoms with van der Waals surface area (Å²) in [6.45, 7) is 0. The second kappa shape index (κ2) is 13.8. The van der Waals surface area contributed by atoms with Crippen LogP contribution in [0.15, 0.2) is 105 Å². The van der Waals surface area contributed by atoms with Gasteiger partial charge in [0, 0.05) is 45.1 Å². The van der Waals surface area contributed by atoms with E-state index in [-0.39, 0.29) is 24.3 Å². The lowest BCUT2D eigenvalue weighted by molar-refractivity contribution is 0.155. The number of phenols is 2. The minimum Gasteiger partial charge on any atom is -0.507 e. The molecule has 0 unspecified atom stereocenters. The van der Waals surface area contributed by atoms with E-state index in [9.17, 15) is 20.4 Å². The molecule has 4 aromatic carbocycles. The van der Waals surface area contributed by atoms with Crippen LogP contribution in [0.5, 0.6) is 11.5 Å². The molecule has 0 saturated carbocycles. The number of halogens is 6. The lowest BCUT2D eigenvalue weighted by Gasteiger charge is -2.34. The summed E-state index contributed by atoms with van der Waals surface area (Å²) in [6, 6.07) is 23.9. The van der Waals surface area contributed by atoms with Crippen molar-refractivity contribution in [2.45, 2.75) is 24.0 Å². The minimum atomic E-state index is -2.35. The number of benzene rings is 4. The molecule has 4 N–H and O–H groups in total. The van der Waals surface area contributed by atoms with Crippen molar-refractivity contribution in [1.29, 1.82) is 0 Å². The van der Waals surface area contributed by atoms with Crippen molar-refractivity contribution in [3.8, 4) is 57.4 Å². The van der Waals surface area contributed by atoms with Gasteiger partial charge in [-0.05, 0) is 35.4 Å². The molecule has 0 spiro atoms. The molecule has 0 fully saturated rings. The van der Waals surface area contributed by atoms with Crippen molar-refractivity contribution in [2.75, 3.05) is 0 Å². The van der Waals surface area contributed by atoms with E-state index in [1.165, 1.54) is 12.1 Å². The Hall–Kier alpha value is -3.26. The summed E-state index contributed by atoms with van der Waals surface area (Å²) in [7, 11) is 0. The first-order valence-corrected chi connectivity index (χ1v) is 15.9. The fraction of sp³-hybridized carbons (Fsp3) is 0.111. The standard InChI is InChI=1S/C36H22Cl6O4/c37-25-15-3-1-13-23(25)29-21(9-5-17-27(29)43)11-7-19-35(45)31(39)33(41)36(46,34(42)32(35)40)20-8-12-22-10-6-18-28(44)30(22)24-14-2-4-16-26(24)38/h1-6,9-10,13-18,43-46H,11-12H2. The molecule has 0 aromatic heterocycles. The van der Waals surface area contributed by atoms with E-state index in [1.54, 1.807) is 72.8 Å². The van der Waals surface area contributed by atoms with Crippen LogP contribution >= 0.6 is 69.6 Å². The van der Waals surface area contributed by atoms with Crippen LogP contribution in [-0.2, 0) is 12.8 Å². The highest BCUT2D eigenvalue weighted by atomic mass is 35.5. The van der Waals surface area contributed by atoms with E-state index in [0.29, 0.717) is 43.4 Å². The zero-order valence-electron chi connectivity index (χ0n) is 23.6. The number of aliphatic hydroxyl groups is 2. The van der Waals surface area contributed by atoms with Gasteiger partial charge in [-0.2, -0.15) is 0 Å². The van der Waals surface area contributed by atoms with Crippen LogP contribution in [0.25, 0.3) is 22.3 Å². The highest BCUT2D eigenvalue weighted by molar-refractivity contribution is 6.48. The third-order valence-electron chi connectivity index (χ3n) is 7.30. The number of rotatable bonds is 4. The zero-order valence-corrected chi connectivity index (χ0v) is 28.1. The molecule has 232 valence electrons. The van der Waals surface area contributed by atoms with E-state index in [2.05, 4.69) is 23.7 Å². The van der Waals surface area contributed by atoms with Crippen molar-refractivity contribution in [3.05, 3.63) is 126 Å². The largest absolute Gasteiger partial charge is 0.507 e. The van der Waals surface area contributed by atoms with Gasteiger partial charge in [-0.25, -0.2) is 0 Å². The fourth-order valence-corrected chi connectivity index (χ4v) is 6.67. The molecule has 1 aliphatic rings. The summed E-state index contributed by atoms with van der Waals surface area (Å²) in [5.74, 6) is 10.9. The Morgan fingerprint density at radius 2 is 0.826 bits per heavy atom. The summed E-state index contributed by atoms with van der Waals surface area (Å²) in [6.07, 6.45) is 0.0885. The number of phenolic OH excluding ortho intramolecular Hbond substituents is 2. The number of hydrogen-bond acceptors (Lipinski definition) is 4. The Balaban J connectivity index is 1.46. The topological polar surface area (TPSA) is 80.9 Å². The van der Waals surface area contributed by atoms with Crippen molar-refractivity contribution < 1.29 is 20.4 Å². The van der Waals surface area contributed by atoms with Crippen LogP contribution in [0.3, 0.4) is 0 Å². The van der Waals surface area contributed by atoms with Gasteiger partial charge in [-0.15, -0.1) is 0 Å². The number of aromatic hydroxyl groups is 2. The first kappa shape index (κ1) is 34.1. The third-order valence-corrected chi connectivity index (χ3v) is 10.00. The molecular weight excluding hydrogens is 709 g/mol.